The van der Waals surface area contributed by atoms with Crippen molar-refractivity contribution in [2.75, 3.05) is 34.0 Å². The van der Waals surface area contributed by atoms with Crippen LogP contribution in [0.5, 0.6) is 5.75 Å². The van der Waals surface area contributed by atoms with Gasteiger partial charge < -0.3 is 19.1 Å². The summed E-state index contributed by atoms with van der Waals surface area (Å²) in [5, 5.41) is 9.94. The Morgan fingerprint density at radius 3 is 2.74 bits per heavy atom. The molecular weight excluding hydrogens is 340 g/mol. The molecule has 2 aromatic rings. The summed E-state index contributed by atoms with van der Waals surface area (Å²) in [5.41, 5.74) is 1.90. The first-order valence-electron chi connectivity index (χ1n) is 9.31. The van der Waals surface area contributed by atoms with Crippen molar-refractivity contribution in [2.45, 2.75) is 32.0 Å². The number of hydrogen-bond acceptors (Lipinski definition) is 4. The summed E-state index contributed by atoms with van der Waals surface area (Å²) in [7, 11) is 3.39. The molecule has 1 heterocycles. The van der Waals surface area contributed by atoms with E-state index in [1.807, 2.05) is 25.1 Å². The van der Waals surface area contributed by atoms with Gasteiger partial charge in [-0.25, -0.2) is 0 Å². The van der Waals surface area contributed by atoms with Crippen LogP contribution in [0.1, 0.15) is 24.6 Å². The fraction of sp³-hybridized carbons (Fsp3) is 0.455. The first-order chi connectivity index (χ1) is 13.1. The molecule has 0 bridgehead atoms. The van der Waals surface area contributed by atoms with Crippen molar-refractivity contribution in [3.05, 3.63) is 66.5 Å². The summed E-state index contributed by atoms with van der Waals surface area (Å²) in [5.74, 6) is 0.863. The Morgan fingerprint density at radius 2 is 2.07 bits per heavy atom. The van der Waals surface area contributed by atoms with Crippen molar-refractivity contribution in [2.24, 2.45) is 0 Å². The third-order valence-corrected chi connectivity index (χ3v) is 5.02. The van der Waals surface area contributed by atoms with Crippen LogP contribution < -0.4 is 4.74 Å². The number of aliphatic hydroxyl groups excluding tert-OH is 1. The zero-order chi connectivity index (χ0) is 19.7. The molecule has 0 radical (unpaired) electrons. The molecule has 0 aliphatic heterocycles. The average molecular weight is 373 g/mol. The Bertz CT molecular complexity index is 713. The Morgan fingerprint density at radius 1 is 1.26 bits per heavy atom. The van der Waals surface area contributed by atoms with Crippen molar-refractivity contribution in [1.29, 1.82) is 0 Å². The topological polar surface area (TPSA) is 46.9 Å². The second kappa shape index (κ2) is 10.3. The number of ether oxygens (including phenoxy) is 2. The highest BCUT2D eigenvalue weighted by Crippen LogP contribution is 2.21. The van der Waals surface area contributed by atoms with E-state index in [1.165, 1.54) is 11.3 Å². The molecule has 0 saturated carbocycles. The summed E-state index contributed by atoms with van der Waals surface area (Å²) in [6, 6.07) is 12.3. The molecule has 5 nitrogen and oxygen atoms in total. The number of rotatable bonds is 12. The minimum atomic E-state index is -0.473. The SMILES string of the molecule is C=CC(C)(CO)N(CCCOC)Cc1cccn1Cc1cccc(OC)c1. The molecule has 27 heavy (non-hydrogen) atoms. The van der Waals surface area contributed by atoms with E-state index in [-0.39, 0.29) is 6.61 Å². The van der Waals surface area contributed by atoms with Gasteiger partial charge in [-0.2, -0.15) is 0 Å². The normalized spacial score (nSPS) is 13.5. The number of benzene rings is 1. The van der Waals surface area contributed by atoms with Crippen LogP contribution in [0.25, 0.3) is 0 Å². The average Bonchev–Trinajstić information content (AvgIpc) is 3.13. The highest BCUT2D eigenvalue weighted by Gasteiger charge is 2.28. The molecule has 0 saturated heterocycles. The highest BCUT2D eigenvalue weighted by atomic mass is 16.5. The Hall–Kier alpha value is -2.08. The molecular formula is C22H32N2O3. The van der Waals surface area contributed by atoms with Gasteiger partial charge in [0.05, 0.1) is 19.3 Å². The van der Waals surface area contributed by atoms with Gasteiger partial charge in [0.15, 0.2) is 0 Å². The lowest BCUT2D eigenvalue weighted by atomic mass is 10.0. The molecule has 1 atom stereocenters. The molecule has 0 spiro atoms. The molecule has 5 heteroatoms. The van der Waals surface area contributed by atoms with Gasteiger partial charge in [0, 0.05) is 45.2 Å². The standard InChI is InChI=1S/C22H32N2O3/c1-5-22(2,18-25)24(13-8-14-26-3)17-20-10-7-12-23(20)16-19-9-6-11-21(15-19)27-4/h5-7,9-12,15,25H,1,8,13-14,16-18H2,2-4H3. The van der Waals surface area contributed by atoms with Gasteiger partial charge in [-0.15, -0.1) is 6.58 Å². The molecule has 0 fully saturated rings. The van der Waals surface area contributed by atoms with E-state index in [4.69, 9.17) is 9.47 Å². The van der Waals surface area contributed by atoms with E-state index in [0.29, 0.717) is 6.61 Å². The molecule has 0 amide bonds. The first kappa shape index (κ1) is 21.2. The Labute approximate surface area is 162 Å². The first-order valence-corrected chi connectivity index (χ1v) is 9.31. The van der Waals surface area contributed by atoms with Gasteiger partial charge in [0.2, 0.25) is 0 Å². The van der Waals surface area contributed by atoms with E-state index in [9.17, 15) is 5.11 Å². The van der Waals surface area contributed by atoms with Crippen molar-refractivity contribution in [1.82, 2.24) is 9.47 Å². The number of methoxy groups -OCH3 is 2. The lowest BCUT2D eigenvalue weighted by Gasteiger charge is -2.38. The van der Waals surface area contributed by atoms with Crippen LogP contribution in [-0.2, 0) is 17.8 Å². The number of aromatic nitrogens is 1. The van der Waals surface area contributed by atoms with Crippen LogP contribution in [-0.4, -0.2) is 54.1 Å². The van der Waals surface area contributed by atoms with E-state index in [1.54, 1.807) is 14.2 Å². The van der Waals surface area contributed by atoms with Gasteiger partial charge >= 0.3 is 0 Å². The van der Waals surface area contributed by atoms with Crippen LogP contribution in [0, 0.1) is 0 Å². The summed E-state index contributed by atoms with van der Waals surface area (Å²) in [6.07, 6.45) is 4.82. The second-order valence-corrected chi connectivity index (χ2v) is 6.97. The molecule has 148 valence electrons. The minimum absolute atomic E-state index is 0.0279. The van der Waals surface area contributed by atoms with Gasteiger partial charge in [-0.05, 0) is 43.2 Å². The number of nitrogens with zero attached hydrogens (tertiary/aromatic N) is 2. The predicted octanol–water partition coefficient (Wildman–Crippen LogP) is 3.32. The van der Waals surface area contributed by atoms with Crippen LogP contribution in [0.4, 0.5) is 0 Å². The Kier molecular flexibility index (Phi) is 8.10. The van der Waals surface area contributed by atoms with Gasteiger partial charge in [-0.1, -0.05) is 18.2 Å². The zero-order valence-electron chi connectivity index (χ0n) is 16.7. The zero-order valence-corrected chi connectivity index (χ0v) is 16.7. The lowest BCUT2D eigenvalue weighted by Crippen LogP contribution is -2.48. The Balaban J connectivity index is 2.18. The van der Waals surface area contributed by atoms with Crippen LogP contribution in [0.2, 0.25) is 0 Å². The molecule has 1 aromatic carbocycles. The molecule has 0 aliphatic carbocycles. The monoisotopic (exact) mass is 372 g/mol. The number of hydrogen-bond donors (Lipinski definition) is 1. The predicted molar refractivity (Wildman–Crippen MR) is 109 cm³/mol. The molecule has 0 aliphatic rings. The minimum Gasteiger partial charge on any atom is -0.497 e. The van der Waals surface area contributed by atoms with Crippen LogP contribution >= 0.6 is 0 Å². The van der Waals surface area contributed by atoms with Crippen LogP contribution in [0.15, 0.2) is 55.3 Å². The van der Waals surface area contributed by atoms with E-state index in [2.05, 4.69) is 46.5 Å². The van der Waals surface area contributed by atoms with Crippen LogP contribution in [0.3, 0.4) is 0 Å². The van der Waals surface area contributed by atoms with Gasteiger partial charge in [0.1, 0.15) is 5.75 Å². The summed E-state index contributed by atoms with van der Waals surface area (Å²) < 4.78 is 12.8. The van der Waals surface area contributed by atoms with Gasteiger partial charge in [-0.3, -0.25) is 4.90 Å². The second-order valence-electron chi connectivity index (χ2n) is 6.97. The third-order valence-electron chi connectivity index (χ3n) is 5.02. The van der Waals surface area contributed by atoms with E-state index < -0.39 is 5.54 Å². The van der Waals surface area contributed by atoms with E-state index >= 15 is 0 Å². The van der Waals surface area contributed by atoms with Crippen molar-refractivity contribution >= 4 is 0 Å². The maximum atomic E-state index is 9.94. The molecule has 1 unspecified atom stereocenters. The summed E-state index contributed by atoms with van der Waals surface area (Å²) in [4.78, 5) is 2.26. The highest BCUT2D eigenvalue weighted by molar-refractivity contribution is 5.29. The van der Waals surface area contributed by atoms with Crippen molar-refractivity contribution in [3.8, 4) is 5.75 Å². The maximum Gasteiger partial charge on any atom is 0.119 e. The lowest BCUT2D eigenvalue weighted by molar-refractivity contribution is 0.0616. The van der Waals surface area contributed by atoms with Crippen molar-refractivity contribution < 1.29 is 14.6 Å². The molecule has 1 N–H and O–H groups in total. The fourth-order valence-corrected chi connectivity index (χ4v) is 3.12. The number of aliphatic hydroxyl groups is 1. The molecule has 1 aromatic heterocycles. The fourth-order valence-electron chi connectivity index (χ4n) is 3.12. The molecule has 2 rings (SSSR count). The summed E-state index contributed by atoms with van der Waals surface area (Å²) >= 11 is 0. The smallest absolute Gasteiger partial charge is 0.119 e. The third kappa shape index (κ3) is 5.70. The quantitative estimate of drug-likeness (QED) is 0.459. The maximum absolute atomic E-state index is 9.94. The van der Waals surface area contributed by atoms with Crippen molar-refractivity contribution in [3.63, 3.8) is 0 Å². The summed E-state index contributed by atoms with van der Waals surface area (Å²) in [6.45, 7) is 9.00. The van der Waals surface area contributed by atoms with E-state index in [0.717, 1.165) is 31.8 Å². The van der Waals surface area contributed by atoms with Gasteiger partial charge in [0.25, 0.3) is 0 Å². The largest absolute Gasteiger partial charge is 0.497 e.